The Labute approximate surface area is 119 Å². The predicted molar refractivity (Wildman–Crippen MR) is 74.6 cm³/mol. The van der Waals surface area contributed by atoms with Gasteiger partial charge in [-0.2, -0.15) is 5.10 Å². The second kappa shape index (κ2) is 5.91. The van der Waals surface area contributed by atoms with E-state index in [1.807, 2.05) is 9.58 Å². The van der Waals surface area contributed by atoms with E-state index in [1.165, 1.54) is 0 Å². The van der Waals surface area contributed by atoms with Crippen LogP contribution >= 0.6 is 0 Å². The highest BCUT2D eigenvalue weighted by Crippen LogP contribution is 2.28. The largest absolute Gasteiger partial charge is 0.342 e. The second-order valence-corrected chi connectivity index (χ2v) is 6.11. The molecule has 110 valence electrons. The Morgan fingerprint density at radius 2 is 2.20 bits per heavy atom. The van der Waals surface area contributed by atoms with Gasteiger partial charge in [0.25, 0.3) is 0 Å². The molecule has 2 heterocycles. The van der Waals surface area contributed by atoms with Crippen molar-refractivity contribution < 1.29 is 4.79 Å². The van der Waals surface area contributed by atoms with Gasteiger partial charge in [0.2, 0.25) is 5.91 Å². The first-order valence-electron chi connectivity index (χ1n) is 7.61. The number of piperidine rings is 1. The fourth-order valence-electron chi connectivity index (χ4n) is 3.54. The van der Waals surface area contributed by atoms with Crippen molar-refractivity contribution in [2.24, 2.45) is 17.6 Å². The van der Waals surface area contributed by atoms with E-state index in [1.54, 1.807) is 12.7 Å². The van der Waals surface area contributed by atoms with Crippen LogP contribution in [-0.2, 0) is 11.3 Å². The van der Waals surface area contributed by atoms with Crippen molar-refractivity contribution in [3.8, 4) is 0 Å². The average Bonchev–Trinajstić information content (AvgIpc) is 3.10. The van der Waals surface area contributed by atoms with E-state index in [2.05, 4.69) is 10.1 Å². The number of nitrogens with zero attached hydrogens (tertiary/aromatic N) is 4. The van der Waals surface area contributed by atoms with Gasteiger partial charge in [0, 0.05) is 25.7 Å². The minimum Gasteiger partial charge on any atom is -0.342 e. The van der Waals surface area contributed by atoms with E-state index in [0.717, 1.165) is 51.7 Å². The number of nitrogens with two attached hydrogens (primary N) is 1. The zero-order valence-electron chi connectivity index (χ0n) is 11.8. The number of hydrogen-bond donors (Lipinski definition) is 1. The van der Waals surface area contributed by atoms with Gasteiger partial charge in [-0.3, -0.25) is 9.48 Å². The van der Waals surface area contributed by atoms with E-state index in [4.69, 9.17) is 5.73 Å². The van der Waals surface area contributed by atoms with Crippen molar-refractivity contribution in [1.82, 2.24) is 19.7 Å². The van der Waals surface area contributed by atoms with Crippen LogP contribution in [0.4, 0.5) is 0 Å². The molecule has 1 saturated carbocycles. The monoisotopic (exact) mass is 277 g/mol. The van der Waals surface area contributed by atoms with E-state index in [-0.39, 0.29) is 17.9 Å². The van der Waals surface area contributed by atoms with Crippen molar-refractivity contribution in [3.05, 3.63) is 12.7 Å². The van der Waals surface area contributed by atoms with Gasteiger partial charge in [0.05, 0.1) is 5.92 Å². The Balaban J connectivity index is 1.58. The van der Waals surface area contributed by atoms with Gasteiger partial charge in [-0.15, -0.1) is 0 Å². The molecule has 0 spiro atoms. The summed E-state index contributed by atoms with van der Waals surface area (Å²) in [6, 6.07) is 0.0678. The molecule has 6 nitrogen and oxygen atoms in total. The van der Waals surface area contributed by atoms with Crippen LogP contribution in [0.3, 0.4) is 0 Å². The van der Waals surface area contributed by atoms with Gasteiger partial charge in [0.1, 0.15) is 12.7 Å². The number of carbonyl (C=O) groups excluding carboxylic acids is 1. The number of carbonyl (C=O) groups is 1. The zero-order valence-corrected chi connectivity index (χ0v) is 11.8. The summed E-state index contributed by atoms with van der Waals surface area (Å²) in [5.74, 6) is 0.811. The summed E-state index contributed by atoms with van der Waals surface area (Å²) < 4.78 is 1.86. The van der Waals surface area contributed by atoms with Gasteiger partial charge in [-0.1, -0.05) is 6.42 Å². The minimum atomic E-state index is 0.0557. The Bertz CT molecular complexity index is 446. The highest BCUT2D eigenvalue weighted by atomic mass is 16.2. The molecule has 2 N–H and O–H groups in total. The van der Waals surface area contributed by atoms with Crippen LogP contribution in [0, 0.1) is 11.8 Å². The lowest BCUT2D eigenvalue weighted by molar-refractivity contribution is -0.137. The molecule has 3 atom stereocenters. The molecule has 1 aliphatic heterocycles. The quantitative estimate of drug-likeness (QED) is 0.879. The Morgan fingerprint density at radius 3 is 2.90 bits per heavy atom. The minimum absolute atomic E-state index is 0.0557. The summed E-state index contributed by atoms with van der Waals surface area (Å²) in [6.07, 6.45) is 8.58. The lowest BCUT2D eigenvalue weighted by atomic mass is 9.95. The standard InChI is InChI=1S/C14H23N5O/c15-13-5-1-4-12(13)14(20)18-6-2-3-11(7-18)8-19-10-16-9-17-19/h9-13H,1-8,15H2/t11-,12-,13+/m0/s1. The summed E-state index contributed by atoms with van der Waals surface area (Å²) in [4.78, 5) is 18.6. The molecule has 1 aromatic rings. The van der Waals surface area contributed by atoms with Crippen LogP contribution in [-0.4, -0.2) is 44.7 Å². The van der Waals surface area contributed by atoms with Crippen LogP contribution in [0.15, 0.2) is 12.7 Å². The van der Waals surface area contributed by atoms with Crippen molar-refractivity contribution in [3.63, 3.8) is 0 Å². The fraction of sp³-hybridized carbons (Fsp3) is 0.786. The molecular weight excluding hydrogens is 254 g/mol. The first-order valence-corrected chi connectivity index (χ1v) is 7.61. The van der Waals surface area contributed by atoms with Crippen molar-refractivity contribution >= 4 is 5.91 Å². The molecule has 0 radical (unpaired) electrons. The molecule has 1 amide bonds. The van der Waals surface area contributed by atoms with Crippen LogP contribution in [0.25, 0.3) is 0 Å². The molecule has 6 heteroatoms. The first kappa shape index (κ1) is 13.5. The first-order chi connectivity index (χ1) is 9.74. The third kappa shape index (κ3) is 2.85. The fourth-order valence-corrected chi connectivity index (χ4v) is 3.54. The Kier molecular flexibility index (Phi) is 4.00. The summed E-state index contributed by atoms with van der Waals surface area (Å²) in [5.41, 5.74) is 6.06. The van der Waals surface area contributed by atoms with Crippen LogP contribution in [0.2, 0.25) is 0 Å². The highest BCUT2D eigenvalue weighted by Gasteiger charge is 2.35. The number of rotatable bonds is 3. The molecular formula is C14H23N5O. The Hall–Kier alpha value is -1.43. The van der Waals surface area contributed by atoms with Crippen LogP contribution in [0.1, 0.15) is 32.1 Å². The lowest BCUT2D eigenvalue weighted by Gasteiger charge is -2.35. The van der Waals surface area contributed by atoms with Gasteiger partial charge in [-0.05, 0) is 31.6 Å². The molecule has 2 fully saturated rings. The molecule has 0 bridgehead atoms. The maximum atomic E-state index is 12.6. The Morgan fingerprint density at radius 1 is 1.30 bits per heavy atom. The maximum absolute atomic E-state index is 12.6. The maximum Gasteiger partial charge on any atom is 0.227 e. The number of aromatic nitrogens is 3. The summed E-state index contributed by atoms with van der Waals surface area (Å²) in [5, 5.41) is 4.15. The molecule has 1 aromatic heterocycles. The summed E-state index contributed by atoms with van der Waals surface area (Å²) in [7, 11) is 0. The van der Waals surface area contributed by atoms with Gasteiger partial charge >= 0.3 is 0 Å². The van der Waals surface area contributed by atoms with E-state index >= 15 is 0 Å². The van der Waals surface area contributed by atoms with Gasteiger partial charge < -0.3 is 10.6 Å². The second-order valence-electron chi connectivity index (χ2n) is 6.11. The van der Waals surface area contributed by atoms with E-state index in [0.29, 0.717) is 5.92 Å². The molecule has 0 unspecified atom stereocenters. The molecule has 20 heavy (non-hydrogen) atoms. The zero-order chi connectivity index (χ0) is 13.9. The normalized spacial score (nSPS) is 30.6. The highest BCUT2D eigenvalue weighted by molar-refractivity contribution is 5.80. The van der Waals surface area contributed by atoms with Crippen LogP contribution in [0.5, 0.6) is 0 Å². The SMILES string of the molecule is N[C@@H]1CCC[C@@H]1C(=O)N1CCC[C@H](Cn2cncn2)C1. The van der Waals surface area contributed by atoms with E-state index < -0.39 is 0 Å². The van der Waals surface area contributed by atoms with Crippen molar-refractivity contribution in [2.75, 3.05) is 13.1 Å². The number of hydrogen-bond acceptors (Lipinski definition) is 4. The smallest absolute Gasteiger partial charge is 0.227 e. The third-order valence-corrected chi connectivity index (χ3v) is 4.63. The average molecular weight is 277 g/mol. The molecule has 1 aliphatic carbocycles. The van der Waals surface area contributed by atoms with E-state index in [9.17, 15) is 4.79 Å². The number of likely N-dealkylation sites (tertiary alicyclic amines) is 1. The summed E-state index contributed by atoms with van der Waals surface area (Å²) in [6.45, 7) is 2.57. The lowest BCUT2D eigenvalue weighted by Crippen LogP contribution is -2.46. The van der Waals surface area contributed by atoms with Crippen LogP contribution < -0.4 is 5.73 Å². The molecule has 0 aromatic carbocycles. The molecule has 3 rings (SSSR count). The summed E-state index contributed by atoms with van der Waals surface area (Å²) >= 11 is 0. The molecule has 1 saturated heterocycles. The van der Waals surface area contributed by atoms with Crippen molar-refractivity contribution in [2.45, 2.75) is 44.7 Å². The third-order valence-electron chi connectivity index (χ3n) is 4.63. The van der Waals surface area contributed by atoms with Gasteiger partial charge in [0.15, 0.2) is 0 Å². The number of amides is 1. The predicted octanol–water partition coefficient (Wildman–Crippen LogP) is 0.644. The topological polar surface area (TPSA) is 77.0 Å². The van der Waals surface area contributed by atoms with Gasteiger partial charge in [-0.25, -0.2) is 4.98 Å². The molecule has 2 aliphatic rings. The van der Waals surface area contributed by atoms with Crippen molar-refractivity contribution in [1.29, 1.82) is 0 Å².